The molecular weight excluding hydrogens is 366 g/mol. The molecule has 0 spiro atoms. The summed E-state index contributed by atoms with van der Waals surface area (Å²) in [5.74, 6) is 1.78. The lowest BCUT2D eigenvalue weighted by molar-refractivity contribution is -0.0432. The Kier molecular flexibility index (Phi) is 8.78. The van der Waals surface area contributed by atoms with Crippen LogP contribution in [0.3, 0.4) is 0 Å². The van der Waals surface area contributed by atoms with Crippen LogP contribution in [0.5, 0.6) is 0 Å². The van der Waals surface area contributed by atoms with Gasteiger partial charge in [0, 0.05) is 25.1 Å². The molecule has 6 heteroatoms. The predicted molar refractivity (Wildman–Crippen MR) is 117 cm³/mol. The van der Waals surface area contributed by atoms with Gasteiger partial charge in [-0.25, -0.2) is 0 Å². The smallest absolute Gasteiger partial charge is 0.0802 e. The van der Waals surface area contributed by atoms with Crippen molar-refractivity contribution >= 4 is 0 Å². The van der Waals surface area contributed by atoms with Crippen LogP contribution in [0.15, 0.2) is 0 Å². The van der Waals surface area contributed by atoms with Crippen molar-refractivity contribution in [2.75, 3.05) is 20.2 Å². The molecule has 0 aromatic rings. The minimum absolute atomic E-state index is 0.174. The van der Waals surface area contributed by atoms with Gasteiger partial charge in [-0.15, -0.1) is 0 Å². The largest absolute Gasteiger partial charge is 0.391 e. The molecule has 3 rings (SSSR count). The topological polar surface area (TPSA) is 85.8 Å². The molecule has 6 nitrogen and oxygen atoms in total. The monoisotopic (exact) mass is 411 g/mol. The molecule has 0 aromatic heterocycles. The summed E-state index contributed by atoms with van der Waals surface area (Å²) in [6, 6.07) is 0.399. The molecule has 0 bridgehead atoms. The average molecular weight is 412 g/mol. The minimum atomic E-state index is -0.487. The minimum Gasteiger partial charge on any atom is -0.391 e. The fourth-order valence-electron chi connectivity index (χ4n) is 5.99. The summed E-state index contributed by atoms with van der Waals surface area (Å²) in [5, 5.41) is 33.1. The number of fused-ring (bicyclic) bond motifs is 1. The predicted octanol–water partition coefficient (Wildman–Crippen LogP) is 1.85. The van der Waals surface area contributed by atoms with Crippen LogP contribution >= 0.6 is 0 Å². The number of nitrogens with one attached hydrogen (secondary N) is 3. The van der Waals surface area contributed by atoms with Gasteiger partial charge in [0.1, 0.15) is 0 Å². The maximum atomic E-state index is 11.3. The van der Waals surface area contributed by atoms with Crippen LogP contribution in [0.25, 0.3) is 0 Å². The standard InChI is InChI=1S/C23H45N3O3/c1-14-9-11-24-20(12-14)26-21(15(2)13-19(27)16(3)29-4)18-8-7-17-6-5-10-25-22(17)23(18)28/h14-28H,5-13H2,1-4H3. The van der Waals surface area contributed by atoms with Gasteiger partial charge < -0.3 is 25.6 Å². The molecule has 2 heterocycles. The third-order valence-corrected chi connectivity index (χ3v) is 7.98. The van der Waals surface area contributed by atoms with Gasteiger partial charge in [0.2, 0.25) is 0 Å². The van der Waals surface area contributed by atoms with E-state index in [1.807, 2.05) is 6.92 Å². The van der Waals surface area contributed by atoms with Crippen molar-refractivity contribution in [2.24, 2.45) is 23.7 Å². The molecule has 2 aliphatic heterocycles. The second-order valence-electron chi connectivity index (χ2n) is 10.2. The summed E-state index contributed by atoms with van der Waals surface area (Å²) in [6.45, 7) is 8.54. The molecule has 2 saturated heterocycles. The Hall–Kier alpha value is -0.240. The number of aliphatic hydroxyl groups is 2. The summed E-state index contributed by atoms with van der Waals surface area (Å²) < 4.78 is 5.35. The second kappa shape index (κ2) is 10.9. The Morgan fingerprint density at radius 1 is 1.10 bits per heavy atom. The lowest BCUT2D eigenvalue weighted by Gasteiger charge is -2.48. The first-order chi connectivity index (χ1) is 13.9. The van der Waals surface area contributed by atoms with Crippen molar-refractivity contribution in [1.29, 1.82) is 0 Å². The maximum absolute atomic E-state index is 11.3. The zero-order valence-electron chi connectivity index (χ0n) is 18.9. The van der Waals surface area contributed by atoms with E-state index in [1.165, 1.54) is 25.7 Å². The molecule has 0 radical (unpaired) electrons. The van der Waals surface area contributed by atoms with Gasteiger partial charge in [0.15, 0.2) is 0 Å². The van der Waals surface area contributed by atoms with Gasteiger partial charge in [-0.1, -0.05) is 13.8 Å². The lowest BCUT2D eigenvalue weighted by Crippen LogP contribution is -2.62. The number of hydrogen-bond donors (Lipinski definition) is 5. The molecule has 0 amide bonds. The summed E-state index contributed by atoms with van der Waals surface area (Å²) in [6.07, 6.45) is 7.03. The number of aliphatic hydroxyl groups excluding tert-OH is 2. The highest BCUT2D eigenvalue weighted by atomic mass is 16.5. The molecule has 170 valence electrons. The Morgan fingerprint density at radius 2 is 1.90 bits per heavy atom. The molecule has 29 heavy (non-hydrogen) atoms. The number of ether oxygens (including phenoxy) is 1. The van der Waals surface area contributed by atoms with Gasteiger partial charge >= 0.3 is 0 Å². The Bertz CT molecular complexity index is 494. The molecule has 1 aliphatic carbocycles. The van der Waals surface area contributed by atoms with Crippen molar-refractivity contribution < 1.29 is 14.9 Å². The van der Waals surface area contributed by atoms with E-state index in [0.29, 0.717) is 18.3 Å². The third kappa shape index (κ3) is 5.92. The van der Waals surface area contributed by atoms with E-state index in [1.54, 1.807) is 7.11 Å². The summed E-state index contributed by atoms with van der Waals surface area (Å²) in [4.78, 5) is 0. The average Bonchev–Trinajstić information content (AvgIpc) is 2.72. The zero-order valence-corrected chi connectivity index (χ0v) is 18.9. The Balaban J connectivity index is 1.72. The van der Waals surface area contributed by atoms with Crippen LogP contribution in [0, 0.1) is 23.7 Å². The molecule has 1 saturated carbocycles. The maximum Gasteiger partial charge on any atom is 0.0802 e. The lowest BCUT2D eigenvalue weighted by atomic mass is 9.68. The van der Waals surface area contributed by atoms with Gasteiger partial charge in [0.25, 0.3) is 0 Å². The highest BCUT2D eigenvalue weighted by molar-refractivity contribution is 5.00. The molecule has 10 unspecified atom stereocenters. The fraction of sp³-hybridized carbons (Fsp3) is 1.00. The van der Waals surface area contributed by atoms with E-state index >= 15 is 0 Å². The van der Waals surface area contributed by atoms with Gasteiger partial charge in [0.05, 0.1) is 24.5 Å². The van der Waals surface area contributed by atoms with Crippen LogP contribution in [-0.2, 0) is 4.74 Å². The van der Waals surface area contributed by atoms with Crippen LogP contribution < -0.4 is 16.0 Å². The van der Waals surface area contributed by atoms with E-state index in [4.69, 9.17) is 4.74 Å². The van der Waals surface area contributed by atoms with E-state index in [-0.39, 0.29) is 42.3 Å². The SMILES string of the molecule is COC(C)C(O)CC(C)C(NC1CC(C)CCN1)C1CCC2CCCNC2C1O. The second-order valence-corrected chi connectivity index (χ2v) is 10.2. The fourth-order valence-corrected chi connectivity index (χ4v) is 5.99. The molecule has 3 aliphatic rings. The highest BCUT2D eigenvalue weighted by Gasteiger charge is 2.44. The van der Waals surface area contributed by atoms with E-state index in [2.05, 4.69) is 29.8 Å². The van der Waals surface area contributed by atoms with Crippen molar-refractivity contribution in [3.63, 3.8) is 0 Å². The van der Waals surface area contributed by atoms with Gasteiger partial charge in [-0.2, -0.15) is 0 Å². The van der Waals surface area contributed by atoms with Gasteiger partial charge in [-0.05, 0) is 82.7 Å². The first-order valence-corrected chi connectivity index (χ1v) is 12.0. The van der Waals surface area contributed by atoms with Crippen LogP contribution in [0.4, 0.5) is 0 Å². The Labute approximate surface area is 177 Å². The number of piperidine rings is 2. The number of methoxy groups -OCH3 is 1. The molecule has 10 atom stereocenters. The van der Waals surface area contributed by atoms with Crippen molar-refractivity contribution in [3.8, 4) is 0 Å². The highest BCUT2D eigenvalue weighted by Crippen LogP contribution is 2.38. The molecule has 0 aromatic carbocycles. The summed E-state index contributed by atoms with van der Waals surface area (Å²) >= 11 is 0. The first kappa shape index (κ1) is 23.4. The van der Waals surface area contributed by atoms with Crippen molar-refractivity contribution in [3.05, 3.63) is 0 Å². The summed E-state index contributed by atoms with van der Waals surface area (Å²) in [5.41, 5.74) is 0. The van der Waals surface area contributed by atoms with Crippen LogP contribution in [0.1, 0.15) is 65.7 Å². The third-order valence-electron chi connectivity index (χ3n) is 7.98. The Morgan fingerprint density at radius 3 is 2.62 bits per heavy atom. The summed E-state index contributed by atoms with van der Waals surface area (Å²) in [7, 11) is 1.65. The quantitative estimate of drug-likeness (QED) is 0.419. The first-order valence-electron chi connectivity index (χ1n) is 12.0. The van der Waals surface area contributed by atoms with E-state index in [9.17, 15) is 10.2 Å². The molecule has 3 fully saturated rings. The van der Waals surface area contributed by atoms with E-state index < -0.39 is 6.10 Å². The zero-order chi connectivity index (χ0) is 21.0. The van der Waals surface area contributed by atoms with Crippen molar-refractivity contribution in [1.82, 2.24) is 16.0 Å². The number of rotatable bonds is 8. The van der Waals surface area contributed by atoms with Gasteiger partial charge in [-0.3, -0.25) is 5.32 Å². The normalized spacial score (nSPS) is 39.9. The molecular formula is C23H45N3O3. The molecule has 5 N–H and O–H groups in total. The van der Waals surface area contributed by atoms with Crippen LogP contribution in [0.2, 0.25) is 0 Å². The van der Waals surface area contributed by atoms with E-state index in [0.717, 1.165) is 25.9 Å². The number of hydrogen-bond acceptors (Lipinski definition) is 6. The van der Waals surface area contributed by atoms with Crippen LogP contribution in [-0.4, -0.2) is 67.0 Å². The van der Waals surface area contributed by atoms with Crippen molar-refractivity contribution in [2.45, 2.75) is 102 Å².